The molecule has 3 rings (SSSR count). The number of carbonyl (C=O) groups is 1. The van der Waals surface area contributed by atoms with Gasteiger partial charge in [0.05, 0.1) is 12.0 Å². The van der Waals surface area contributed by atoms with Crippen molar-refractivity contribution in [3.63, 3.8) is 0 Å². The van der Waals surface area contributed by atoms with E-state index in [0.717, 1.165) is 11.1 Å². The number of thioether (sulfide) groups is 1. The van der Waals surface area contributed by atoms with Crippen molar-refractivity contribution >= 4 is 17.7 Å². The second kappa shape index (κ2) is 8.47. The van der Waals surface area contributed by atoms with Crippen LogP contribution in [0.1, 0.15) is 29.0 Å². The molecule has 2 aromatic carbocycles. The van der Waals surface area contributed by atoms with Crippen LogP contribution >= 0.6 is 11.8 Å². The lowest BCUT2D eigenvalue weighted by molar-refractivity contribution is -0.136. The van der Waals surface area contributed by atoms with Crippen LogP contribution in [0.25, 0.3) is 0 Å². The maximum Gasteiger partial charge on any atom is 0.318 e. The first kappa shape index (κ1) is 18.6. The molecule has 138 valence electrons. The van der Waals surface area contributed by atoms with E-state index in [4.69, 9.17) is 14.6 Å². The highest BCUT2D eigenvalue weighted by atomic mass is 32.2. The van der Waals surface area contributed by atoms with E-state index in [-0.39, 0.29) is 5.37 Å². The molecule has 0 bridgehead atoms. The summed E-state index contributed by atoms with van der Waals surface area (Å²) in [5, 5.41) is 11.9. The minimum absolute atomic E-state index is 0.0545. The average molecular weight is 373 g/mol. The van der Waals surface area contributed by atoms with E-state index in [1.54, 1.807) is 0 Å². The summed E-state index contributed by atoms with van der Waals surface area (Å²) in [5.41, 5.74) is 3.29. The van der Waals surface area contributed by atoms with Crippen LogP contribution in [-0.2, 0) is 11.4 Å². The van der Waals surface area contributed by atoms with Gasteiger partial charge in [0, 0.05) is 6.54 Å². The fourth-order valence-electron chi connectivity index (χ4n) is 2.85. The first-order valence-corrected chi connectivity index (χ1v) is 9.58. The second-order valence-electron chi connectivity index (χ2n) is 6.17. The summed E-state index contributed by atoms with van der Waals surface area (Å²) in [6, 6.07) is 14.0. The fraction of sp³-hybridized carbons (Fsp3) is 0.350. The predicted molar refractivity (Wildman–Crippen MR) is 103 cm³/mol. The predicted octanol–water partition coefficient (Wildman–Crippen LogP) is 3.76. The van der Waals surface area contributed by atoms with Crippen molar-refractivity contribution in [2.75, 3.05) is 13.2 Å². The highest BCUT2D eigenvalue weighted by Crippen LogP contribution is 2.39. The average Bonchev–Trinajstić information content (AvgIpc) is 3.11. The molecular weight excluding hydrogens is 350 g/mol. The Balaban J connectivity index is 1.73. The summed E-state index contributed by atoms with van der Waals surface area (Å²) in [4.78, 5) is 11.1. The Morgan fingerprint density at radius 1 is 1.23 bits per heavy atom. The Morgan fingerprint density at radius 3 is 2.77 bits per heavy atom. The third-order valence-corrected chi connectivity index (χ3v) is 5.52. The van der Waals surface area contributed by atoms with Crippen molar-refractivity contribution in [3.8, 4) is 11.5 Å². The quantitative estimate of drug-likeness (QED) is 0.770. The summed E-state index contributed by atoms with van der Waals surface area (Å²) >= 11 is 1.41. The molecule has 1 aliphatic rings. The number of carboxylic acid groups (broad SMARTS) is 1. The molecule has 0 saturated carbocycles. The third-order valence-electron chi connectivity index (χ3n) is 4.11. The van der Waals surface area contributed by atoms with E-state index in [1.807, 2.05) is 37.3 Å². The summed E-state index contributed by atoms with van der Waals surface area (Å²) in [6.45, 7) is 5.45. The smallest absolute Gasteiger partial charge is 0.318 e. The van der Waals surface area contributed by atoms with Crippen LogP contribution in [0.15, 0.2) is 42.5 Å². The Labute approximate surface area is 157 Å². The number of hydrogen-bond donors (Lipinski definition) is 2. The van der Waals surface area contributed by atoms with E-state index >= 15 is 0 Å². The first-order chi connectivity index (χ1) is 12.6. The molecule has 1 fully saturated rings. The molecule has 0 unspecified atom stereocenters. The maximum absolute atomic E-state index is 11.1. The van der Waals surface area contributed by atoms with Crippen LogP contribution in [0.5, 0.6) is 11.5 Å². The molecule has 6 heteroatoms. The summed E-state index contributed by atoms with van der Waals surface area (Å²) < 4.78 is 11.7. The Kier molecular flexibility index (Phi) is 6.06. The molecule has 1 heterocycles. The number of nitrogens with one attached hydrogen (secondary N) is 1. The highest BCUT2D eigenvalue weighted by molar-refractivity contribution is 8.01. The van der Waals surface area contributed by atoms with Gasteiger partial charge in [-0.3, -0.25) is 10.1 Å². The monoisotopic (exact) mass is 373 g/mol. The van der Waals surface area contributed by atoms with E-state index in [2.05, 4.69) is 24.4 Å². The lowest BCUT2D eigenvalue weighted by Crippen LogP contribution is -2.21. The SMILES string of the molecule is CCOc1cc([C@@H]2NC[C@H](C(=O)O)S2)ccc1OCc1cccc(C)c1. The van der Waals surface area contributed by atoms with Gasteiger partial charge in [0.1, 0.15) is 11.9 Å². The molecule has 1 saturated heterocycles. The number of hydrogen-bond acceptors (Lipinski definition) is 5. The summed E-state index contributed by atoms with van der Waals surface area (Å²) in [7, 11) is 0. The number of carboxylic acids is 1. The van der Waals surface area contributed by atoms with E-state index in [1.165, 1.54) is 17.3 Å². The molecule has 0 amide bonds. The zero-order valence-corrected chi connectivity index (χ0v) is 15.7. The minimum Gasteiger partial charge on any atom is -0.490 e. The molecule has 26 heavy (non-hydrogen) atoms. The number of benzene rings is 2. The second-order valence-corrected chi connectivity index (χ2v) is 7.48. The van der Waals surface area contributed by atoms with Crippen LogP contribution in [0, 0.1) is 6.92 Å². The van der Waals surface area contributed by atoms with Gasteiger partial charge in [-0.15, -0.1) is 11.8 Å². The summed E-state index contributed by atoms with van der Waals surface area (Å²) in [5.74, 6) is 0.585. The number of aryl methyl sites for hydroxylation is 1. The number of ether oxygens (including phenoxy) is 2. The van der Waals surface area contributed by atoms with Crippen LogP contribution in [0.2, 0.25) is 0 Å². The molecule has 0 spiro atoms. The molecule has 1 aliphatic heterocycles. The van der Waals surface area contributed by atoms with Crippen molar-refractivity contribution in [2.45, 2.75) is 31.1 Å². The van der Waals surface area contributed by atoms with E-state index in [9.17, 15) is 4.79 Å². The van der Waals surface area contributed by atoms with Gasteiger partial charge in [0.25, 0.3) is 0 Å². The standard InChI is InChI=1S/C20H23NO4S/c1-3-24-17-10-15(19-21-11-18(26-19)20(22)23)7-8-16(17)25-12-14-6-4-5-13(2)9-14/h4-10,18-19,21H,3,11-12H2,1-2H3,(H,22,23)/t18-,19-/m1/s1. The van der Waals surface area contributed by atoms with Gasteiger partial charge in [0.15, 0.2) is 11.5 Å². The van der Waals surface area contributed by atoms with E-state index < -0.39 is 11.2 Å². The van der Waals surface area contributed by atoms with Crippen molar-refractivity contribution < 1.29 is 19.4 Å². The lowest BCUT2D eigenvalue weighted by atomic mass is 10.1. The van der Waals surface area contributed by atoms with Gasteiger partial charge in [-0.1, -0.05) is 35.9 Å². The minimum atomic E-state index is -0.784. The Hall–Kier alpha value is -2.18. The topological polar surface area (TPSA) is 67.8 Å². The van der Waals surface area contributed by atoms with Crippen molar-refractivity contribution in [2.24, 2.45) is 0 Å². The molecule has 2 atom stereocenters. The molecule has 5 nitrogen and oxygen atoms in total. The van der Waals surface area contributed by atoms with Gasteiger partial charge in [0.2, 0.25) is 0 Å². The first-order valence-electron chi connectivity index (χ1n) is 8.63. The van der Waals surface area contributed by atoms with Crippen LogP contribution in [-0.4, -0.2) is 29.5 Å². The highest BCUT2D eigenvalue weighted by Gasteiger charge is 2.31. The molecule has 2 aromatic rings. The molecule has 0 radical (unpaired) electrons. The summed E-state index contributed by atoms with van der Waals surface area (Å²) in [6.07, 6.45) is 0. The molecule has 0 aromatic heterocycles. The maximum atomic E-state index is 11.1. The lowest BCUT2D eigenvalue weighted by Gasteiger charge is -2.16. The van der Waals surface area contributed by atoms with Gasteiger partial charge in [-0.25, -0.2) is 0 Å². The zero-order valence-electron chi connectivity index (χ0n) is 14.9. The van der Waals surface area contributed by atoms with Crippen LogP contribution in [0.4, 0.5) is 0 Å². The molecule has 0 aliphatic carbocycles. The molecular formula is C20H23NO4S. The fourth-order valence-corrected chi connectivity index (χ4v) is 3.99. The Bertz CT molecular complexity index is 780. The van der Waals surface area contributed by atoms with Gasteiger partial charge >= 0.3 is 5.97 Å². The Morgan fingerprint density at radius 2 is 2.08 bits per heavy atom. The normalized spacial score (nSPS) is 19.3. The molecule has 2 N–H and O–H groups in total. The van der Waals surface area contributed by atoms with E-state index in [0.29, 0.717) is 31.3 Å². The van der Waals surface area contributed by atoms with Crippen molar-refractivity contribution in [3.05, 3.63) is 59.2 Å². The van der Waals surface area contributed by atoms with Gasteiger partial charge in [-0.05, 0) is 37.1 Å². The number of aliphatic carboxylic acids is 1. The number of rotatable bonds is 7. The zero-order chi connectivity index (χ0) is 18.5. The van der Waals surface area contributed by atoms with Crippen molar-refractivity contribution in [1.29, 1.82) is 0 Å². The van der Waals surface area contributed by atoms with Crippen LogP contribution in [0.3, 0.4) is 0 Å². The van der Waals surface area contributed by atoms with Gasteiger partial charge in [-0.2, -0.15) is 0 Å². The van der Waals surface area contributed by atoms with Crippen molar-refractivity contribution in [1.82, 2.24) is 5.32 Å². The van der Waals surface area contributed by atoms with Gasteiger partial charge < -0.3 is 14.6 Å². The largest absolute Gasteiger partial charge is 0.490 e. The van der Waals surface area contributed by atoms with Crippen LogP contribution < -0.4 is 14.8 Å². The third kappa shape index (κ3) is 4.51.